The molecule has 154 valence electrons. The molecule has 0 unspecified atom stereocenters. The van der Waals surface area contributed by atoms with Gasteiger partial charge < -0.3 is 10.6 Å². The summed E-state index contributed by atoms with van der Waals surface area (Å²) in [5, 5.41) is 5.59. The van der Waals surface area contributed by atoms with Gasteiger partial charge >= 0.3 is 0 Å². The topological polar surface area (TPSA) is 104 Å². The summed E-state index contributed by atoms with van der Waals surface area (Å²) in [6.45, 7) is 2.55. The zero-order valence-electron chi connectivity index (χ0n) is 16.3. The molecule has 7 nitrogen and oxygen atoms in total. The molecule has 8 heteroatoms. The van der Waals surface area contributed by atoms with Gasteiger partial charge in [0.15, 0.2) is 0 Å². The van der Waals surface area contributed by atoms with Crippen molar-refractivity contribution in [3.63, 3.8) is 0 Å². The molecule has 1 atom stereocenters. The van der Waals surface area contributed by atoms with Gasteiger partial charge in [0.05, 0.1) is 4.90 Å². The molecule has 1 aliphatic heterocycles. The summed E-state index contributed by atoms with van der Waals surface area (Å²) >= 11 is 0. The maximum Gasteiger partial charge on any atom is 0.261 e. The smallest absolute Gasteiger partial charge is 0.261 e. The molecule has 3 N–H and O–H groups in total. The normalized spacial score (nSPS) is 17.1. The molecule has 1 fully saturated rings. The Morgan fingerprint density at radius 3 is 2.38 bits per heavy atom. The van der Waals surface area contributed by atoms with E-state index in [0.717, 1.165) is 18.4 Å². The highest BCUT2D eigenvalue weighted by molar-refractivity contribution is 7.92. The molecule has 29 heavy (non-hydrogen) atoms. The van der Waals surface area contributed by atoms with E-state index < -0.39 is 10.0 Å². The summed E-state index contributed by atoms with van der Waals surface area (Å²) in [4.78, 5) is 24.4. The van der Waals surface area contributed by atoms with Crippen LogP contribution in [0.3, 0.4) is 0 Å². The fourth-order valence-corrected chi connectivity index (χ4v) is 4.25. The van der Waals surface area contributed by atoms with Crippen molar-refractivity contribution in [1.82, 2.24) is 5.32 Å². The molecular weight excluding hydrogens is 390 g/mol. The van der Waals surface area contributed by atoms with Crippen LogP contribution in [0.1, 0.15) is 31.2 Å². The number of sulfonamides is 1. The molecule has 0 bridgehead atoms. The van der Waals surface area contributed by atoms with Crippen LogP contribution >= 0.6 is 0 Å². The van der Waals surface area contributed by atoms with Crippen LogP contribution < -0.4 is 15.4 Å². The van der Waals surface area contributed by atoms with Gasteiger partial charge in [0.1, 0.15) is 0 Å². The van der Waals surface area contributed by atoms with E-state index in [1.54, 1.807) is 48.5 Å². The summed E-state index contributed by atoms with van der Waals surface area (Å²) in [6, 6.07) is 13.0. The first kappa shape index (κ1) is 20.9. The Balaban J connectivity index is 1.59. The van der Waals surface area contributed by atoms with Crippen LogP contribution in [0.4, 0.5) is 11.4 Å². The fraction of sp³-hybridized carbons (Fsp3) is 0.333. The quantitative estimate of drug-likeness (QED) is 0.674. The average Bonchev–Trinajstić information content (AvgIpc) is 2.88. The van der Waals surface area contributed by atoms with E-state index >= 15 is 0 Å². The van der Waals surface area contributed by atoms with Crippen LogP contribution in [0.5, 0.6) is 0 Å². The SMILES string of the molecule is Cc1ccc(S(=O)(=O)Nc2ccc(NC(=O)C[C@@H]3CCCCNC3=O)cc2)cc1. The van der Waals surface area contributed by atoms with Crippen molar-refractivity contribution in [2.45, 2.75) is 37.5 Å². The molecule has 0 spiro atoms. The van der Waals surface area contributed by atoms with Crippen LogP contribution in [-0.2, 0) is 19.6 Å². The Labute approximate surface area is 171 Å². The van der Waals surface area contributed by atoms with Crippen molar-refractivity contribution in [3.05, 3.63) is 54.1 Å². The van der Waals surface area contributed by atoms with E-state index in [4.69, 9.17) is 0 Å². The summed E-state index contributed by atoms with van der Waals surface area (Å²) in [6.07, 6.45) is 2.70. The summed E-state index contributed by atoms with van der Waals surface area (Å²) < 4.78 is 27.4. The summed E-state index contributed by atoms with van der Waals surface area (Å²) in [5.74, 6) is -0.614. The molecule has 1 heterocycles. The number of carbonyl (C=O) groups excluding carboxylic acids is 2. The van der Waals surface area contributed by atoms with Gasteiger partial charge in [-0.25, -0.2) is 8.42 Å². The van der Waals surface area contributed by atoms with Gasteiger partial charge in [-0.3, -0.25) is 14.3 Å². The summed E-state index contributed by atoms with van der Waals surface area (Å²) in [7, 11) is -3.68. The highest BCUT2D eigenvalue weighted by Gasteiger charge is 2.23. The Morgan fingerprint density at radius 1 is 1.03 bits per heavy atom. The van der Waals surface area contributed by atoms with Gasteiger partial charge in [-0.2, -0.15) is 0 Å². The van der Waals surface area contributed by atoms with Gasteiger partial charge in [-0.05, 0) is 56.2 Å². The van der Waals surface area contributed by atoms with Crippen molar-refractivity contribution < 1.29 is 18.0 Å². The minimum absolute atomic E-state index is 0.0708. The number of anilines is 2. The summed E-state index contributed by atoms with van der Waals surface area (Å²) in [5.41, 5.74) is 1.92. The number of hydrogen-bond donors (Lipinski definition) is 3. The highest BCUT2D eigenvalue weighted by Crippen LogP contribution is 2.20. The van der Waals surface area contributed by atoms with E-state index in [1.165, 1.54) is 0 Å². The van der Waals surface area contributed by atoms with Gasteiger partial charge in [0, 0.05) is 30.3 Å². The molecule has 3 rings (SSSR count). The molecule has 1 aliphatic rings. The highest BCUT2D eigenvalue weighted by atomic mass is 32.2. The first-order valence-electron chi connectivity index (χ1n) is 9.60. The van der Waals surface area contributed by atoms with Crippen molar-refractivity contribution in [2.75, 3.05) is 16.6 Å². The lowest BCUT2D eigenvalue weighted by Crippen LogP contribution is -2.31. The number of rotatable bonds is 6. The van der Waals surface area contributed by atoms with Crippen LogP contribution in [0, 0.1) is 12.8 Å². The van der Waals surface area contributed by atoms with Gasteiger partial charge in [-0.15, -0.1) is 0 Å². The van der Waals surface area contributed by atoms with E-state index in [9.17, 15) is 18.0 Å². The maximum absolute atomic E-state index is 12.4. The lowest BCUT2D eigenvalue weighted by Gasteiger charge is -2.13. The first-order chi connectivity index (χ1) is 13.8. The first-order valence-corrected chi connectivity index (χ1v) is 11.1. The van der Waals surface area contributed by atoms with E-state index in [0.29, 0.717) is 24.3 Å². The Kier molecular flexibility index (Phi) is 6.53. The van der Waals surface area contributed by atoms with Crippen molar-refractivity contribution in [1.29, 1.82) is 0 Å². The second-order valence-electron chi connectivity index (χ2n) is 7.23. The average molecular weight is 416 g/mol. The number of carbonyl (C=O) groups is 2. The lowest BCUT2D eigenvalue weighted by atomic mass is 9.98. The van der Waals surface area contributed by atoms with Crippen LogP contribution in [0.2, 0.25) is 0 Å². The van der Waals surface area contributed by atoms with Gasteiger partial charge in [0.25, 0.3) is 10.0 Å². The number of amides is 2. The standard InChI is InChI=1S/C21H25N3O4S/c1-15-5-11-19(12-6-15)29(27,28)24-18-9-7-17(8-10-18)23-20(25)14-16-4-2-3-13-22-21(16)26/h5-12,16,24H,2-4,13-14H2,1H3,(H,22,26)(H,23,25)/t16-/m0/s1. The van der Waals surface area contributed by atoms with Crippen molar-refractivity contribution >= 4 is 33.2 Å². The fourth-order valence-electron chi connectivity index (χ4n) is 3.19. The predicted octanol–water partition coefficient (Wildman–Crippen LogP) is 3.04. The second-order valence-corrected chi connectivity index (χ2v) is 8.91. The lowest BCUT2D eigenvalue weighted by molar-refractivity contribution is -0.128. The third kappa shape index (κ3) is 5.80. The van der Waals surface area contributed by atoms with Gasteiger partial charge in [-0.1, -0.05) is 24.1 Å². The minimum atomic E-state index is -3.68. The molecule has 0 saturated carbocycles. The molecule has 0 aromatic heterocycles. The molecule has 1 saturated heterocycles. The predicted molar refractivity (Wildman–Crippen MR) is 112 cm³/mol. The Morgan fingerprint density at radius 2 is 1.69 bits per heavy atom. The molecular formula is C21H25N3O4S. The third-order valence-electron chi connectivity index (χ3n) is 4.83. The second kappa shape index (κ2) is 9.09. The maximum atomic E-state index is 12.4. The molecule has 2 amide bonds. The van der Waals surface area contributed by atoms with E-state index in [2.05, 4.69) is 15.4 Å². The number of hydrogen-bond acceptors (Lipinski definition) is 4. The largest absolute Gasteiger partial charge is 0.356 e. The van der Waals surface area contributed by atoms with Crippen molar-refractivity contribution in [3.8, 4) is 0 Å². The number of benzene rings is 2. The zero-order chi connectivity index (χ0) is 20.9. The minimum Gasteiger partial charge on any atom is -0.356 e. The third-order valence-corrected chi connectivity index (χ3v) is 6.23. The van der Waals surface area contributed by atoms with Gasteiger partial charge in [0.2, 0.25) is 11.8 Å². The molecule has 2 aromatic rings. The monoisotopic (exact) mass is 415 g/mol. The van der Waals surface area contributed by atoms with Crippen molar-refractivity contribution in [2.24, 2.45) is 5.92 Å². The molecule has 2 aromatic carbocycles. The Bertz CT molecular complexity index is 970. The van der Waals surface area contributed by atoms with Crippen LogP contribution in [0.25, 0.3) is 0 Å². The van der Waals surface area contributed by atoms with E-state index in [-0.39, 0.29) is 29.0 Å². The Hall–Kier alpha value is -2.87. The van der Waals surface area contributed by atoms with E-state index in [1.807, 2.05) is 6.92 Å². The molecule has 0 aliphatic carbocycles. The molecule has 0 radical (unpaired) electrons. The zero-order valence-corrected chi connectivity index (χ0v) is 17.1. The number of nitrogens with one attached hydrogen (secondary N) is 3. The van der Waals surface area contributed by atoms with Crippen LogP contribution in [-0.4, -0.2) is 26.8 Å². The number of aryl methyl sites for hydroxylation is 1. The van der Waals surface area contributed by atoms with Crippen LogP contribution in [0.15, 0.2) is 53.4 Å².